The zero-order valence-corrected chi connectivity index (χ0v) is 60.6. The first-order valence-electron chi connectivity index (χ1n) is 34.1. The number of rotatable bonds is 26. The molecule has 0 aliphatic carbocycles. The molecule has 1 saturated heterocycles. The maximum atomic E-state index is 15.7. The van der Waals surface area contributed by atoms with Crippen molar-refractivity contribution in [1.82, 2.24) is 63.8 Å². The Balaban J connectivity index is 2.45. The minimum absolute atomic E-state index is 0.00738. The third-order valence-corrected chi connectivity index (χ3v) is 16.2. The number of esters is 1. The van der Waals surface area contributed by atoms with Gasteiger partial charge in [-0.2, -0.15) is 0 Å². The largest absolute Gasteiger partial charge is 0.453 e. The zero-order chi connectivity index (χ0) is 77.7. The van der Waals surface area contributed by atoms with Crippen LogP contribution >= 0.6 is 0 Å². The molecule has 103 heavy (non-hydrogen) atoms. The fourth-order valence-corrected chi connectivity index (χ4v) is 10.4. The molecule has 0 radical (unpaired) electrons. The van der Waals surface area contributed by atoms with Gasteiger partial charge in [0.2, 0.25) is 65.0 Å². The van der Waals surface area contributed by atoms with Crippen molar-refractivity contribution in [3.63, 3.8) is 0 Å². The molecule has 2 aromatic carbocycles. The number of hydrogen-bond donors (Lipinski definition) is 19. The van der Waals surface area contributed by atoms with Crippen molar-refractivity contribution >= 4 is 83.0 Å². The Labute approximate surface area is 599 Å². The molecule has 2 unspecified atom stereocenters. The number of amides is 12. The summed E-state index contributed by atoms with van der Waals surface area (Å²) in [5.74, 6) is -18.3. The summed E-state index contributed by atoms with van der Waals surface area (Å²) in [7, 11) is 0. The Morgan fingerprint density at radius 2 is 1.21 bits per heavy atom. The summed E-state index contributed by atoms with van der Waals surface area (Å²) in [6, 6.07) is -3.21. The van der Waals surface area contributed by atoms with Crippen LogP contribution in [0.4, 0.5) is 4.79 Å². The van der Waals surface area contributed by atoms with Gasteiger partial charge < -0.3 is 110 Å². The van der Waals surface area contributed by atoms with Crippen LogP contribution < -0.4 is 75.3 Å². The summed E-state index contributed by atoms with van der Waals surface area (Å²) in [6.07, 6.45) is -10.9. The monoisotopic (exact) mass is 1450 g/mol. The van der Waals surface area contributed by atoms with Crippen LogP contribution in [-0.2, 0) is 78.4 Å². The summed E-state index contributed by atoms with van der Waals surface area (Å²) in [5.41, 5.74) is 10.4. The van der Waals surface area contributed by atoms with Gasteiger partial charge in [-0.05, 0) is 95.1 Å². The standard InChI is InChI=1S/C68H107N15O20/c1-14-36(8)46-60(94)80-47(37(9)85)59(93)73-30-45(86)78-50(53(88)55(69)89)63(97)77-44(31-84)65(99)102-54(40-24-19-16-20-25-40)51(82-58(92)43(29-34(4)5)75-61(95)48(83-67(100)103-68(11,12)13)38(10)101-32-39-22-17-15-18-23-39)64(98)81-49(52(87)35(6)7)62(96)76-42(28-33(2)3)57(91)74-41(56(90)79-46)26-21-27-72-66(70)71/h15-20,22-25,33-38,41-44,46-54,84-85,87-88H,14,21,26-32H2,1-13H3,(H2,69,89)(H,73,93)(H,74,91)(H,75,95)(H,76,96)(H,77,97)(H,78,86)(H,79,90)(H,80,94)(H,81,98)(H,82,92)(H,83,100)(H4,70,71,72)/t36-,37-,38-,41+,42-,43-,44-,46?,47?,48+,49-,50-,51-,52+,53-,54+/m0/s1. The lowest BCUT2D eigenvalue weighted by Gasteiger charge is -2.34. The van der Waals surface area contributed by atoms with Crippen molar-refractivity contribution < 1.29 is 97.0 Å². The average molecular weight is 1450 g/mol. The van der Waals surface area contributed by atoms with Crippen LogP contribution in [-0.4, -0.2) is 214 Å². The van der Waals surface area contributed by atoms with Crippen LogP contribution in [0.5, 0.6) is 0 Å². The van der Waals surface area contributed by atoms with Gasteiger partial charge in [0.1, 0.15) is 60.0 Å². The molecule has 0 bridgehead atoms. The molecule has 1 fully saturated rings. The number of carbonyl (C=O) groups excluding carboxylic acids is 13. The number of carbonyl (C=O) groups is 13. The topological polar surface area (TPSA) is 551 Å². The molecule has 0 aromatic heterocycles. The van der Waals surface area contributed by atoms with Crippen LogP contribution in [0.2, 0.25) is 0 Å². The van der Waals surface area contributed by atoms with Crippen molar-refractivity contribution in [3.8, 4) is 0 Å². The Bertz CT molecular complexity index is 3210. The Morgan fingerprint density at radius 1 is 0.660 bits per heavy atom. The second-order valence-corrected chi connectivity index (χ2v) is 27.5. The van der Waals surface area contributed by atoms with Crippen LogP contribution in [0, 0.1) is 29.1 Å². The molecule has 12 amide bonds. The van der Waals surface area contributed by atoms with E-state index < -0.39 is 216 Å². The summed E-state index contributed by atoms with van der Waals surface area (Å²) >= 11 is 0. The van der Waals surface area contributed by atoms with E-state index in [4.69, 9.17) is 31.1 Å². The highest BCUT2D eigenvalue weighted by Crippen LogP contribution is 2.25. The molecule has 2 aromatic rings. The molecule has 3 rings (SSSR count). The van der Waals surface area contributed by atoms with E-state index in [1.807, 2.05) is 10.6 Å². The Hall–Kier alpha value is -9.58. The number of primary amides is 1. The molecule has 35 nitrogen and oxygen atoms in total. The summed E-state index contributed by atoms with van der Waals surface area (Å²) in [6.45, 7) is 17.7. The number of ether oxygens (including phenoxy) is 3. The molecule has 574 valence electrons. The SMILES string of the molecule is CC[C@H](C)C1NC(=O)[C@@H](CCCNC(=N)N)NC(=O)[C@H](CC(C)C)NC(=O)[C@H]([C@H](O)C(C)C)NC(=O)[C@@H](NC(=O)[C@H](CC(C)C)NC(=O)[C@H](NC(=O)OC(C)(C)C)[C@H](C)OCc2ccccc2)[C@@H](c2ccccc2)OC(=O)[C@H](CO)NC(=O)[C@H]([C@H](O)C(N)=O)NC(=O)CNC(=O)C([C@H](C)O)NC1=O. The van der Waals surface area contributed by atoms with Gasteiger partial charge in [0, 0.05) is 6.54 Å². The summed E-state index contributed by atoms with van der Waals surface area (Å²) < 4.78 is 17.6. The maximum Gasteiger partial charge on any atom is 0.408 e. The van der Waals surface area contributed by atoms with Crippen molar-refractivity contribution in [2.75, 3.05) is 19.7 Å². The van der Waals surface area contributed by atoms with Gasteiger partial charge in [0.25, 0.3) is 0 Å². The van der Waals surface area contributed by atoms with Gasteiger partial charge >= 0.3 is 12.1 Å². The lowest BCUT2D eigenvalue weighted by atomic mass is 9.95. The highest BCUT2D eigenvalue weighted by molar-refractivity contribution is 6.00. The van der Waals surface area contributed by atoms with Crippen LogP contribution in [0.15, 0.2) is 60.7 Å². The van der Waals surface area contributed by atoms with E-state index in [1.54, 1.807) is 92.6 Å². The molecule has 35 heteroatoms. The molecule has 0 spiro atoms. The molecule has 21 N–H and O–H groups in total. The second-order valence-electron chi connectivity index (χ2n) is 27.5. The van der Waals surface area contributed by atoms with Crippen molar-refractivity contribution in [3.05, 3.63) is 71.8 Å². The predicted molar refractivity (Wildman–Crippen MR) is 372 cm³/mol. The van der Waals surface area contributed by atoms with E-state index in [0.717, 1.165) is 6.92 Å². The third kappa shape index (κ3) is 29.4. The molecular formula is C68H107N15O20. The second kappa shape index (κ2) is 42.1. The lowest BCUT2D eigenvalue weighted by Crippen LogP contribution is -2.64. The number of guanidine groups is 1. The summed E-state index contributed by atoms with van der Waals surface area (Å²) in [5, 5.41) is 81.3. The number of nitrogens with two attached hydrogens (primary N) is 2. The van der Waals surface area contributed by atoms with E-state index in [-0.39, 0.29) is 50.8 Å². The number of aliphatic hydroxyl groups is 4. The van der Waals surface area contributed by atoms with E-state index in [2.05, 4.69) is 53.2 Å². The molecule has 1 aliphatic heterocycles. The first-order chi connectivity index (χ1) is 48.2. The van der Waals surface area contributed by atoms with Gasteiger partial charge in [0.15, 0.2) is 24.2 Å². The first kappa shape index (κ1) is 87.6. The zero-order valence-electron chi connectivity index (χ0n) is 60.6. The number of cyclic esters (lactones) is 1. The molecule has 16 atom stereocenters. The molecule has 1 aliphatic rings. The Kier molecular flexibility index (Phi) is 35.8. The third-order valence-electron chi connectivity index (χ3n) is 16.2. The minimum Gasteiger partial charge on any atom is -0.453 e. The van der Waals surface area contributed by atoms with Crippen LogP contribution in [0.1, 0.15) is 139 Å². The van der Waals surface area contributed by atoms with E-state index >= 15 is 14.4 Å². The normalized spacial score (nSPS) is 23.4. The quantitative estimate of drug-likeness (QED) is 0.0192. The van der Waals surface area contributed by atoms with Crippen molar-refractivity contribution in [1.29, 1.82) is 5.41 Å². The average Bonchev–Trinajstić information content (AvgIpc) is 1.04. The predicted octanol–water partition coefficient (Wildman–Crippen LogP) is -3.10. The number of aliphatic hydroxyl groups excluding tert-OH is 4. The maximum absolute atomic E-state index is 15.7. The fourth-order valence-electron chi connectivity index (χ4n) is 10.4. The lowest BCUT2D eigenvalue weighted by molar-refractivity contribution is -0.159. The number of alkyl carbamates (subject to hydrolysis) is 1. The van der Waals surface area contributed by atoms with Gasteiger partial charge in [0.05, 0.1) is 38.1 Å². The fraction of sp³-hybridized carbons (Fsp3) is 0.618. The van der Waals surface area contributed by atoms with E-state index in [9.17, 15) is 68.4 Å². The molecular weight excluding hydrogens is 1350 g/mol. The minimum atomic E-state index is -2.61. The number of nitrogens with one attached hydrogen (secondary N) is 13. The summed E-state index contributed by atoms with van der Waals surface area (Å²) in [4.78, 5) is 187. The van der Waals surface area contributed by atoms with Crippen molar-refractivity contribution in [2.24, 2.45) is 35.1 Å². The van der Waals surface area contributed by atoms with Crippen molar-refractivity contribution in [2.45, 2.75) is 225 Å². The first-order valence-corrected chi connectivity index (χ1v) is 34.1. The Morgan fingerprint density at radius 3 is 1.76 bits per heavy atom. The highest BCUT2D eigenvalue weighted by Gasteiger charge is 2.44. The van der Waals surface area contributed by atoms with Crippen LogP contribution in [0.25, 0.3) is 0 Å². The molecule has 0 saturated carbocycles. The van der Waals surface area contributed by atoms with Crippen LogP contribution in [0.3, 0.4) is 0 Å². The smallest absolute Gasteiger partial charge is 0.408 e. The van der Waals surface area contributed by atoms with E-state index in [0.29, 0.717) is 5.56 Å². The number of hydrogen-bond acceptors (Lipinski definition) is 21. The molecule has 1 heterocycles. The van der Waals surface area contributed by atoms with Gasteiger partial charge in [-0.25, -0.2) is 9.59 Å². The van der Waals surface area contributed by atoms with Gasteiger partial charge in [-0.3, -0.25) is 58.1 Å². The van der Waals surface area contributed by atoms with E-state index in [1.165, 1.54) is 51.1 Å². The van der Waals surface area contributed by atoms with Gasteiger partial charge in [-0.15, -0.1) is 0 Å². The highest BCUT2D eigenvalue weighted by atomic mass is 16.6. The number of benzene rings is 2. The van der Waals surface area contributed by atoms with Gasteiger partial charge in [-0.1, -0.05) is 122 Å².